The molecule has 0 spiro atoms. The molecule has 0 rings (SSSR count). The van der Waals surface area contributed by atoms with Gasteiger partial charge in [-0.05, 0) is 0 Å². The van der Waals surface area contributed by atoms with E-state index >= 15 is 0 Å². The fourth-order valence-electron chi connectivity index (χ4n) is 0.375. The zero-order chi connectivity index (χ0) is 11.2. The van der Waals surface area contributed by atoms with Crippen molar-refractivity contribution in [2.24, 2.45) is 0 Å². The van der Waals surface area contributed by atoms with E-state index in [0.717, 1.165) is 0 Å². The molecule has 0 amide bonds. The van der Waals surface area contributed by atoms with E-state index in [4.69, 9.17) is 0 Å². The Hall–Kier alpha value is 1.06. The van der Waals surface area contributed by atoms with Crippen molar-refractivity contribution in [2.75, 3.05) is 0 Å². The van der Waals surface area contributed by atoms with Crippen molar-refractivity contribution >= 4 is 7.81 Å². The van der Waals surface area contributed by atoms with Crippen LogP contribution in [-0.4, -0.2) is 0 Å². The van der Waals surface area contributed by atoms with E-state index in [1.807, 2.05) is 0 Å². The van der Waals surface area contributed by atoms with Crippen LogP contribution >= 0.6 is 7.81 Å². The zero-order valence-corrected chi connectivity index (χ0v) is 12.1. The molecule has 0 aliphatic rings. The Morgan fingerprint density at radius 2 is 1.23 bits per heavy atom. The van der Waals surface area contributed by atoms with Gasteiger partial charge in [-0.15, -0.1) is 0 Å². The summed E-state index contributed by atoms with van der Waals surface area (Å²) >= 11 is 1.23. The van der Waals surface area contributed by atoms with E-state index in [1.165, 1.54) is 52.1 Å². The van der Waals surface area contributed by atoms with Crippen molar-refractivity contribution in [3.63, 3.8) is 0 Å². The maximum absolute atomic E-state index is 10.7. The quantitative estimate of drug-likeness (QED) is 0.299. The summed E-state index contributed by atoms with van der Waals surface area (Å²) in [6.07, 6.45) is 4.33. The van der Waals surface area contributed by atoms with Crippen molar-refractivity contribution in [3.8, 4) is 0 Å². The van der Waals surface area contributed by atoms with Crippen molar-refractivity contribution in [1.82, 2.24) is 0 Å². The third-order valence-electron chi connectivity index (χ3n) is 0.780. The molecule has 8 heteroatoms. The van der Waals surface area contributed by atoms with Crippen LogP contribution < -0.4 is 0 Å². The predicted molar refractivity (Wildman–Crippen MR) is 37.9 cm³/mol. The van der Waals surface area contributed by atoms with Gasteiger partial charge in [0.25, 0.3) is 0 Å². The van der Waals surface area contributed by atoms with Gasteiger partial charge in [0, 0.05) is 0 Å². The minimum atomic E-state index is -10.7. The van der Waals surface area contributed by atoms with Gasteiger partial charge in [0.1, 0.15) is 0 Å². The molecule has 0 aromatic heterocycles. The zero-order valence-electron chi connectivity index (χ0n) is 7.04. The Bertz CT molecular complexity index is 120. The summed E-state index contributed by atoms with van der Waals surface area (Å²) in [5, 5.41) is 0. The van der Waals surface area contributed by atoms with Crippen molar-refractivity contribution < 1.29 is 54.6 Å². The molecule has 0 aromatic rings. The molecule has 0 radical (unpaired) electrons. The van der Waals surface area contributed by atoms with Crippen LogP contribution in [0.3, 0.4) is 0 Å². The first-order valence-corrected chi connectivity index (χ1v) is 8.55. The molecule has 0 aliphatic heterocycles. The summed E-state index contributed by atoms with van der Waals surface area (Å²) in [6.45, 7) is 2.25. The molecule has 0 fully saturated rings. The summed E-state index contributed by atoms with van der Waals surface area (Å²) in [5.74, 6) is 0. The topological polar surface area (TPSA) is 0 Å². The molecule has 0 atom stereocenters. The van der Waals surface area contributed by atoms with Crippen molar-refractivity contribution in [2.45, 2.75) is 29.6 Å². The number of hydrogen-bond acceptors (Lipinski definition) is 0. The predicted octanol–water partition coefficient (Wildman–Crippen LogP) is 5.53. The normalized spacial score (nSPS) is 16.7. The molecule has 0 saturated carbocycles. The molecule has 0 N–H and O–H groups in total. The van der Waals surface area contributed by atoms with E-state index in [2.05, 4.69) is 6.92 Å². The summed E-state index contributed by atoms with van der Waals surface area (Å²) in [6, 6.07) is 0. The molecule has 13 heavy (non-hydrogen) atoms. The van der Waals surface area contributed by atoms with Gasteiger partial charge < -0.3 is 0 Å². The van der Waals surface area contributed by atoms with Crippen LogP contribution in [0.15, 0.2) is 0 Å². The van der Waals surface area contributed by atoms with Gasteiger partial charge >= 0.3 is 92.1 Å². The molecule has 0 unspecified atom stereocenters. The van der Waals surface area contributed by atoms with Gasteiger partial charge in [-0.1, -0.05) is 0 Å². The van der Waals surface area contributed by atoms with E-state index in [0.29, 0.717) is 0 Å². The first kappa shape index (κ1) is 16.5. The van der Waals surface area contributed by atoms with E-state index in [1.54, 1.807) is 0 Å². The Kier molecular flexibility index (Phi) is 5.99. The third kappa shape index (κ3) is 96.9. The van der Waals surface area contributed by atoms with Crippen LogP contribution in [-0.2, 0) is 0 Å². The van der Waals surface area contributed by atoms with Gasteiger partial charge in [0.15, 0.2) is 0 Å². The second-order valence-corrected chi connectivity index (χ2v) is 6.41. The Morgan fingerprint density at radius 1 is 0.923 bits per heavy atom. The van der Waals surface area contributed by atoms with Gasteiger partial charge in [-0.3, -0.25) is 0 Å². The molecule has 83 valence electrons. The van der Waals surface area contributed by atoms with Crippen molar-refractivity contribution in [1.29, 1.82) is 0 Å². The van der Waals surface area contributed by atoms with Gasteiger partial charge in [0.05, 0.1) is 0 Å². The molecule has 0 aromatic carbocycles. The van der Waals surface area contributed by atoms with Gasteiger partial charge in [-0.25, -0.2) is 0 Å². The Morgan fingerprint density at radius 3 is 1.31 bits per heavy atom. The average molecular weight is 454 g/mol. The molecule has 0 nitrogen and oxygen atoms in total. The van der Waals surface area contributed by atoms with Crippen LogP contribution in [0, 0.1) is 29.4 Å². The molecule has 0 bridgehead atoms. The first-order valence-electron chi connectivity index (χ1n) is 3.57. The van der Waals surface area contributed by atoms with Crippen molar-refractivity contribution in [3.05, 3.63) is 0 Å². The number of hydrogen-bond donors (Lipinski definition) is 0. The Labute approximate surface area is 91.9 Å². The molecule has 0 aliphatic carbocycles. The van der Waals surface area contributed by atoms with Gasteiger partial charge in [-0.2, -0.15) is 0 Å². The van der Waals surface area contributed by atoms with Crippen LogP contribution in [0.2, 0.25) is 3.45 Å². The van der Waals surface area contributed by atoms with Crippen LogP contribution in [0.25, 0.3) is 0 Å². The summed E-state index contributed by atoms with van der Waals surface area (Å²) < 4.78 is 60.7. The second-order valence-electron chi connectivity index (χ2n) is 2.42. The molecular formula is C5H11F6PU-. The minimum absolute atomic E-state index is 1.23. The standard InChI is InChI=1S/C5H11.F6P.U/c1-3-5-4-2;1-7(2,3,4,5)6;/h1,3-5H2,2H3;;/q;-1;. The van der Waals surface area contributed by atoms with Crippen LogP contribution in [0.4, 0.5) is 25.2 Å². The monoisotopic (exact) mass is 454 g/mol. The van der Waals surface area contributed by atoms with Gasteiger partial charge in [0.2, 0.25) is 0 Å². The number of unbranched alkanes of at least 4 members (excludes halogenated alkanes) is 2. The SMILES string of the molecule is CCCC[CH2][U].F[P-](F)(F)(F)(F)F. The second kappa shape index (κ2) is 4.72. The Balaban J connectivity index is 0. The summed E-state index contributed by atoms with van der Waals surface area (Å²) in [4.78, 5) is 0. The average Bonchev–Trinajstić information content (AvgIpc) is 1.76. The van der Waals surface area contributed by atoms with E-state index < -0.39 is 7.81 Å². The molecule has 0 saturated heterocycles. The fraction of sp³-hybridized carbons (Fsp3) is 1.00. The van der Waals surface area contributed by atoms with Crippen LogP contribution in [0.5, 0.6) is 0 Å². The summed E-state index contributed by atoms with van der Waals surface area (Å²) in [5.41, 5.74) is 0. The maximum atomic E-state index is 9.87. The number of rotatable bonds is 3. The van der Waals surface area contributed by atoms with E-state index in [9.17, 15) is 25.2 Å². The third-order valence-corrected chi connectivity index (χ3v) is 2.25. The summed E-state index contributed by atoms with van der Waals surface area (Å²) in [7, 11) is -10.7. The first-order chi connectivity index (χ1) is 5.36. The molecular weight excluding hydrogens is 443 g/mol. The number of halogens is 6. The molecule has 0 heterocycles. The van der Waals surface area contributed by atoms with Crippen LogP contribution in [0.1, 0.15) is 26.2 Å². The van der Waals surface area contributed by atoms with E-state index in [-0.39, 0.29) is 0 Å². The fourth-order valence-corrected chi connectivity index (χ4v) is 1.42.